The number of thioether (sulfide) groups is 1. The summed E-state index contributed by atoms with van der Waals surface area (Å²) in [6, 6.07) is 9.02. The van der Waals surface area contributed by atoms with E-state index in [0.717, 1.165) is 18.4 Å². The van der Waals surface area contributed by atoms with E-state index in [9.17, 15) is 22.0 Å². The Bertz CT molecular complexity index is 1230. The maximum absolute atomic E-state index is 14.2. The Labute approximate surface area is 222 Å². The molecule has 1 aliphatic rings. The molecule has 0 radical (unpaired) electrons. The average molecular weight is 554 g/mol. The van der Waals surface area contributed by atoms with Crippen LogP contribution in [-0.4, -0.2) is 44.1 Å². The molecule has 0 aliphatic carbocycles. The van der Waals surface area contributed by atoms with Crippen LogP contribution in [0.3, 0.4) is 0 Å². The number of halogens is 2. The van der Waals surface area contributed by atoms with Crippen molar-refractivity contribution in [2.24, 2.45) is 0 Å². The Kier molecular flexibility index (Phi) is 10.1. The van der Waals surface area contributed by atoms with E-state index in [2.05, 4.69) is 11.7 Å². The third kappa shape index (κ3) is 6.72. The number of hydrogen-bond donors (Lipinski definition) is 0. The molecule has 2 atom stereocenters. The van der Waals surface area contributed by atoms with Crippen LogP contribution >= 0.6 is 11.8 Å². The molecule has 0 aromatic heterocycles. The molecule has 10 heteroatoms. The van der Waals surface area contributed by atoms with E-state index in [-0.39, 0.29) is 35.0 Å². The molecular weight excluding hydrogens is 520 g/mol. The van der Waals surface area contributed by atoms with Gasteiger partial charge in [0.15, 0.2) is 0 Å². The monoisotopic (exact) mass is 553 g/mol. The number of carbonyl (C=O) groups is 1. The normalized spacial score (nSPS) is 19.7. The first kappa shape index (κ1) is 29.1. The first-order valence-electron chi connectivity index (χ1n) is 12.4. The highest BCUT2D eigenvalue weighted by Gasteiger charge is 2.38. The Morgan fingerprint density at radius 1 is 1.19 bits per heavy atom. The second-order valence-electron chi connectivity index (χ2n) is 8.73. The fourth-order valence-corrected chi connectivity index (χ4v) is 6.85. The maximum Gasteiger partial charge on any atom is 0.370 e. The number of rotatable bonds is 10. The molecule has 0 spiro atoms. The zero-order valence-corrected chi connectivity index (χ0v) is 23.1. The molecule has 3 rings (SSSR count). The van der Waals surface area contributed by atoms with Gasteiger partial charge in [0.1, 0.15) is 17.8 Å². The summed E-state index contributed by atoms with van der Waals surface area (Å²) < 4.78 is 67.1. The second-order valence-corrected chi connectivity index (χ2v) is 12.0. The van der Waals surface area contributed by atoms with Crippen LogP contribution in [0.25, 0.3) is 0 Å². The second kappa shape index (κ2) is 12.9. The number of fused-ring (bicyclic) bond motifs is 1. The van der Waals surface area contributed by atoms with Crippen LogP contribution in [-0.2, 0) is 19.6 Å². The van der Waals surface area contributed by atoms with E-state index in [1.54, 1.807) is 32.2 Å². The Morgan fingerprint density at radius 3 is 2.51 bits per heavy atom. The molecule has 37 heavy (non-hydrogen) atoms. The SMILES string of the molecule is CCCCC1CC(c2ccc(F)cc2)c2cc(SCC)c(O/C=C(\F)C(=O)OCC)cc2S(=O)(=O)N1C. The summed E-state index contributed by atoms with van der Waals surface area (Å²) in [5.74, 6) is -2.31. The van der Waals surface area contributed by atoms with E-state index in [0.29, 0.717) is 35.3 Å². The van der Waals surface area contributed by atoms with Crippen LogP contribution in [0.4, 0.5) is 8.78 Å². The molecule has 0 fully saturated rings. The summed E-state index contributed by atoms with van der Waals surface area (Å²) in [4.78, 5) is 12.3. The molecule has 1 aliphatic heterocycles. The molecular formula is C27H33F2NO5S2. The Morgan fingerprint density at radius 2 is 1.89 bits per heavy atom. The number of nitrogens with zero attached hydrogens (tertiary/aromatic N) is 1. The number of hydrogen-bond acceptors (Lipinski definition) is 6. The minimum absolute atomic E-state index is 0.00439. The van der Waals surface area contributed by atoms with Gasteiger partial charge in [-0.2, -0.15) is 8.70 Å². The summed E-state index contributed by atoms with van der Waals surface area (Å²) in [7, 11) is -2.37. The summed E-state index contributed by atoms with van der Waals surface area (Å²) in [6.45, 7) is 5.54. The maximum atomic E-state index is 14.2. The van der Waals surface area contributed by atoms with E-state index in [1.165, 1.54) is 34.3 Å². The van der Waals surface area contributed by atoms with E-state index < -0.39 is 21.8 Å². The predicted molar refractivity (Wildman–Crippen MR) is 140 cm³/mol. The van der Waals surface area contributed by atoms with E-state index in [1.807, 2.05) is 6.92 Å². The number of ether oxygens (including phenoxy) is 2. The van der Waals surface area contributed by atoms with Crippen LogP contribution in [0.1, 0.15) is 63.5 Å². The fraction of sp³-hybridized carbons (Fsp3) is 0.444. The molecule has 0 bridgehead atoms. The van der Waals surface area contributed by atoms with Gasteiger partial charge in [0.05, 0.1) is 16.4 Å². The van der Waals surface area contributed by atoms with Crippen LogP contribution < -0.4 is 4.74 Å². The molecule has 2 aromatic carbocycles. The first-order valence-corrected chi connectivity index (χ1v) is 14.8. The van der Waals surface area contributed by atoms with Gasteiger partial charge in [-0.1, -0.05) is 38.8 Å². The molecule has 0 N–H and O–H groups in total. The summed E-state index contributed by atoms with van der Waals surface area (Å²) >= 11 is 1.41. The van der Waals surface area contributed by atoms with Crippen molar-refractivity contribution < 1.29 is 31.5 Å². The van der Waals surface area contributed by atoms with Gasteiger partial charge >= 0.3 is 5.97 Å². The summed E-state index contributed by atoms with van der Waals surface area (Å²) in [6.07, 6.45) is 3.63. The quantitative estimate of drug-likeness (QED) is 0.147. The van der Waals surface area contributed by atoms with Crippen molar-refractivity contribution in [2.45, 2.75) is 68.2 Å². The van der Waals surface area contributed by atoms with Gasteiger partial charge in [-0.25, -0.2) is 17.6 Å². The highest BCUT2D eigenvalue weighted by atomic mass is 32.2. The molecule has 2 unspecified atom stereocenters. The standard InChI is InChI=1S/C27H33F2NO5S2/c1-5-8-9-20-14-21(18-10-12-19(28)13-11-18)22-15-25(36-7-3)24(16-26(22)37(32,33)30(20)4)35-17-23(29)27(31)34-6-2/h10-13,15-17,20-21H,5-9,14H2,1-4H3/b23-17-. The number of carbonyl (C=O) groups excluding carboxylic acids is 1. The molecule has 0 saturated carbocycles. The highest BCUT2D eigenvalue weighted by Crippen LogP contribution is 2.45. The van der Waals surface area contributed by atoms with Crippen molar-refractivity contribution in [3.8, 4) is 5.75 Å². The number of unbranched alkanes of at least 4 members (excludes halogenated alkanes) is 1. The van der Waals surface area contributed by atoms with Crippen molar-refractivity contribution in [1.82, 2.24) is 4.31 Å². The average Bonchev–Trinajstić information content (AvgIpc) is 2.95. The van der Waals surface area contributed by atoms with Crippen molar-refractivity contribution >= 4 is 27.8 Å². The molecule has 1 heterocycles. The van der Waals surface area contributed by atoms with Gasteiger partial charge in [0.25, 0.3) is 0 Å². The summed E-state index contributed by atoms with van der Waals surface area (Å²) in [5.41, 5.74) is 1.39. The molecule has 0 amide bonds. The predicted octanol–water partition coefficient (Wildman–Crippen LogP) is 6.41. The van der Waals surface area contributed by atoms with Crippen LogP contribution in [0.15, 0.2) is 58.3 Å². The summed E-state index contributed by atoms with van der Waals surface area (Å²) in [5, 5.41) is 0. The fourth-order valence-electron chi connectivity index (χ4n) is 4.43. The van der Waals surface area contributed by atoms with E-state index >= 15 is 0 Å². The van der Waals surface area contributed by atoms with Crippen molar-refractivity contribution in [3.05, 3.63) is 65.4 Å². The zero-order chi connectivity index (χ0) is 27.2. The van der Waals surface area contributed by atoms with E-state index in [4.69, 9.17) is 4.74 Å². The minimum atomic E-state index is -3.94. The lowest BCUT2D eigenvalue weighted by atomic mass is 9.84. The lowest BCUT2D eigenvalue weighted by Gasteiger charge is -2.26. The first-order chi connectivity index (χ1) is 17.6. The van der Waals surface area contributed by atoms with Crippen LogP contribution in [0.2, 0.25) is 0 Å². The van der Waals surface area contributed by atoms with Gasteiger partial charge < -0.3 is 9.47 Å². The van der Waals surface area contributed by atoms with Gasteiger partial charge in [-0.3, -0.25) is 0 Å². The molecule has 202 valence electrons. The van der Waals surface area contributed by atoms with Gasteiger partial charge in [0, 0.05) is 25.1 Å². The number of esters is 1. The third-order valence-electron chi connectivity index (χ3n) is 6.35. The molecule has 0 saturated heterocycles. The van der Waals surface area contributed by atoms with Gasteiger partial charge in [-0.15, -0.1) is 11.8 Å². The zero-order valence-electron chi connectivity index (χ0n) is 21.5. The van der Waals surface area contributed by atoms with Gasteiger partial charge in [0.2, 0.25) is 15.9 Å². The highest BCUT2D eigenvalue weighted by molar-refractivity contribution is 7.99. The smallest absolute Gasteiger partial charge is 0.370 e. The van der Waals surface area contributed by atoms with Crippen molar-refractivity contribution in [1.29, 1.82) is 0 Å². The molecule has 6 nitrogen and oxygen atoms in total. The lowest BCUT2D eigenvalue weighted by Crippen LogP contribution is -2.36. The number of benzene rings is 2. The van der Waals surface area contributed by atoms with Crippen LogP contribution in [0.5, 0.6) is 5.75 Å². The van der Waals surface area contributed by atoms with Crippen molar-refractivity contribution in [2.75, 3.05) is 19.4 Å². The largest absolute Gasteiger partial charge is 0.461 e. The Balaban J connectivity index is 2.19. The molecule has 2 aromatic rings. The Hall–Kier alpha value is -2.43. The topological polar surface area (TPSA) is 72.9 Å². The lowest BCUT2D eigenvalue weighted by molar-refractivity contribution is -0.140. The van der Waals surface area contributed by atoms with Crippen LogP contribution in [0, 0.1) is 5.82 Å². The van der Waals surface area contributed by atoms with Gasteiger partial charge in [-0.05, 0) is 54.8 Å². The minimum Gasteiger partial charge on any atom is -0.461 e. The number of sulfonamides is 1. The third-order valence-corrected chi connectivity index (χ3v) is 9.24. The van der Waals surface area contributed by atoms with Crippen molar-refractivity contribution in [3.63, 3.8) is 0 Å².